The minimum atomic E-state index is -0.608. The molecule has 174 valence electrons. The van der Waals surface area contributed by atoms with E-state index < -0.39 is 5.91 Å². The van der Waals surface area contributed by atoms with E-state index in [1.807, 2.05) is 25.0 Å². The first-order chi connectivity index (χ1) is 15.0. The van der Waals surface area contributed by atoms with Crippen LogP contribution in [0, 0.1) is 13.8 Å². The van der Waals surface area contributed by atoms with E-state index in [1.165, 1.54) is 11.1 Å². The number of benzene rings is 1. The molecule has 0 bridgehead atoms. The minimum Gasteiger partial charge on any atom is -0.432 e. The number of aliphatic imine (C=N–C) groups is 1. The summed E-state index contributed by atoms with van der Waals surface area (Å²) in [5.74, 6) is 0.856. The quantitative estimate of drug-likeness (QED) is 0.473. The van der Waals surface area contributed by atoms with Gasteiger partial charge < -0.3 is 19.8 Å². The molecule has 3 heterocycles. The Labute approximate surface area is 192 Å². The largest absolute Gasteiger partial charge is 0.432 e. The summed E-state index contributed by atoms with van der Waals surface area (Å²) in [6.45, 7) is 8.60. The summed E-state index contributed by atoms with van der Waals surface area (Å²) in [5, 5.41) is 0.710. The van der Waals surface area contributed by atoms with E-state index in [4.69, 9.17) is 14.9 Å². The maximum absolute atomic E-state index is 11.2. The van der Waals surface area contributed by atoms with Gasteiger partial charge in [-0.05, 0) is 19.4 Å². The Morgan fingerprint density at radius 2 is 1.88 bits per heavy atom. The number of anilines is 1. The number of ether oxygens (including phenoxy) is 1. The Bertz CT molecular complexity index is 1030. The Balaban J connectivity index is 0.000000337. The topological polar surface area (TPSA) is 107 Å². The smallest absolute Gasteiger partial charge is 0.284 e. The van der Waals surface area contributed by atoms with Crippen LogP contribution in [0.3, 0.4) is 0 Å². The van der Waals surface area contributed by atoms with Crippen molar-refractivity contribution in [2.24, 2.45) is 10.7 Å². The number of nitrogens with zero attached hydrogens (tertiary/aromatic N) is 4. The standard InChI is InChI=1S/C12H14N4O3.C9H11N.CH5P.CH4/c1-7-14-11(16-2-4-18-5-3-16)8-6-9(10(13)17)19-12(8)15-7;1-8-4-3-5-9(6-8)7-10-2;1-2;/h6H,2-5H2,1H3,(H2,13,17);3-7H,1-2H3;2H2,1H3;1H4. The van der Waals surface area contributed by atoms with Crippen LogP contribution in [0.15, 0.2) is 39.7 Å². The lowest BCUT2D eigenvalue weighted by atomic mass is 10.2. The number of nitrogens with two attached hydrogens (primary N) is 1. The third kappa shape index (κ3) is 7.39. The lowest BCUT2D eigenvalue weighted by Crippen LogP contribution is -2.37. The molecule has 1 aliphatic heterocycles. The summed E-state index contributed by atoms with van der Waals surface area (Å²) in [6.07, 6.45) is 1.85. The van der Waals surface area contributed by atoms with Gasteiger partial charge in [0.05, 0.1) is 18.6 Å². The van der Waals surface area contributed by atoms with Crippen molar-refractivity contribution in [3.05, 3.63) is 53.0 Å². The summed E-state index contributed by atoms with van der Waals surface area (Å²) >= 11 is 0. The average Bonchev–Trinajstić information content (AvgIpc) is 3.20. The van der Waals surface area contributed by atoms with E-state index in [1.54, 1.807) is 20.0 Å². The summed E-state index contributed by atoms with van der Waals surface area (Å²) in [6, 6.07) is 9.86. The Hall–Kier alpha value is -2.83. The van der Waals surface area contributed by atoms with E-state index >= 15 is 0 Å². The molecule has 2 aromatic heterocycles. The molecular weight excluding hydrogens is 425 g/mol. The van der Waals surface area contributed by atoms with Crippen molar-refractivity contribution in [2.45, 2.75) is 21.3 Å². The molecule has 1 saturated heterocycles. The van der Waals surface area contributed by atoms with Crippen LogP contribution in [-0.4, -0.2) is 62.1 Å². The van der Waals surface area contributed by atoms with Crippen molar-refractivity contribution in [1.82, 2.24) is 9.97 Å². The lowest BCUT2D eigenvalue weighted by Gasteiger charge is -2.28. The van der Waals surface area contributed by atoms with Gasteiger partial charge in [-0.25, -0.2) is 4.98 Å². The molecule has 32 heavy (non-hydrogen) atoms. The normalized spacial score (nSPS) is 13.0. The van der Waals surface area contributed by atoms with Gasteiger partial charge in [0.2, 0.25) is 5.71 Å². The second kappa shape index (κ2) is 13.6. The van der Waals surface area contributed by atoms with Crippen molar-refractivity contribution >= 4 is 38.3 Å². The van der Waals surface area contributed by atoms with Crippen LogP contribution in [0.2, 0.25) is 0 Å². The minimum absolute atomic E-state index is 0. The van der Waals surface area contributed by atoms with E-state index in [9.17, 15) is 4.79 Å². The van der Waals surface area contributed by atoms with Crippen molar-refractivity contribution in [1.29, 1.82) is 0 Å². The van der Waals surface area contributed by atoms with Gasteiger partial charge >= 0.3 is 0 Å². The number of carbonyl (C=O) groups is 1. The number of rotatable bonds is 3. The van der Waals surface area contributed by atoms with Gasteiger partial charge in [-0.3, -0.25) is 9.79 Å². The van der Waals surface area contributed by atoms with E-state index in [2.05, 4.69) is 48.2 Å². The van der Waals surface area contributed by atoms with E-state index in [-0.39, 0.29) is 13.2 Å². The van der Waals surface area contributed by atoms with Crippen LogP contribution in [0.5, 0.6) is 0 Å². The maximum atomic E-state index is 11.2. The molecule has 4 rings (SSSR count). The monoisotopic (exact) mass is 459 g/mol. The van der Waals surface area contributed by atoms with Gasteiger partial charge in [-0.2, -0.15) is 4.98 Å². The molecule has 1 aromatic carbocycles. The van der Waals surface area contributed by atoms with Crippen molar-refractivity contribution in [3.8, 4) is 0 Å². The highest BCUT2D eigenvalue weighted by molar-refractivity contribution is 7.15. The molecule has 0 spiro atoms. The highest BCUT2D eigenvalue weighted by atomic mass is 31.0. The molecule has 1 atom stereocenters. The number of fused-ring (bicyclic) bond motifs is 1. The van der Waals surface area contributed by atoms with Gasteiger partial charge in [0.1, 0.15) is 11.6 Å². The molecule has 0 saturated carbocycles. The van der Waals surface area contributed by atoms with Crippen molar-refractivity contribution in [3.63, 3.8) is 0 Å². The number of aryl methyl sites for hydroxylation is 2. The third-order valence-electron chi connectivity index (χ3n) is 4.36. The van der Waals surface area contributed by atoms with E-state index in [0.29, 0.717) is 30.1 Å². The first-order valence-electron chi connectivity index (χ1n) is 9.95. The number of carbonyl (C=O) groups excluding carboxylic acids is 1. The number of hydrogen-bond acceptors (Lipinski definition) is 7. The van der Waals surface area contributed by atoms with Gasteiger partial charge in [-0.1, -0.05) is 43.9 Å². The third-order valence-corrected chi connectivity index (χ3v) is 4.36. The van der Waals surface area contributed by atoms with Crippen LogP contribution in [-0.2, 0) is 4.74 Å². The zero-order valence-electron chi connectivity index (χ0n) is 18.5. The Kier molecular flexibility index (Phi) is 11.5. The van der Waals surface area contributed by atoms with Crippen LogP contribution >= 0.6 is 9.24 Å². The van der Waals surface area contributed by atoms with Gasteiger partial charge in [0.15, 0.2) is 5.76 Å². The summed E-state index contributed by atoms with van der Waals surface area (Å²) in [4.78, 5) is 25.8. The molecule has 1 fully saturated rings. The van der Waals surface area contributed by atoms with Crippen LogP contribution in [0.25, 0.3) is 11.1 Å². The predicted octanol–water partition coefficient (Wildman–Crippen LogP) is 3.64. The number of primary amides is 1. The molecule has 1 aliphatic rings. The summed E-state index contributed by atoms with van der Waals surface area (Å²) in [7, 11) is 4.20. The number of morpholine rings is 1. The molecule has 9 heteroatoms. The molecular formula is C23H34N5O3P. The van der Waals surface area contributed by atoms with Crippen LogP contribution < -0.4 is 10.6 Å². The van der Waals surface area contributed by atoms with Crippen molar-refractivity contribution < 1.29 is 13.9 Å². The lowest BCUT2D eigenvalue weighted by molar-refractivity contribution is 0.0975. The highest BCUT2D eigenvalue weighted by Crippen LogP contribution is 2.27. The Morgan fingerprint density at radius 3 is 2.47 bits per heavy atom. The average molecular weight is 460 g/mol. The molecule has 1 amide bonds. The summed E-state index contributed by atoms with van der Waals surface area (Å²) in [5.41, 5.74) is 8.07. The first-order valence-corrected chi connectivity index (χ1v) is 11.1. The Morgan fingerprint density at radius 1 is 1.19 bits per heavy atom. The zero-order valence-corrected chi connectivity index (χ0v) is 19.6. The fraction of sp³-hybridized carbons (Fsp3) is 0.391. The van der Waals surface area contributed by atoms with Crippen molar-refractivity contribution in [2.75, 3.05) is 44.9 Å². The fourth-order valence-corrected chi connectivity index (χ4v) is 3.05. The number of furan rings is 1. The SMILES string of the molecule is C.CN=Cc1cccc(C)c1.CP.Cc1nc(N2CCOCC2)c2cc(C(N)=O)oc2n1. The number of aromatic nitrogens is 2. The first kappa shape index (κ1) is 27.2. The second-order valence-corrected chi connectivity index (χ2v) is 6.69. The van der Waals surface area contributed by atoms with Gasteiger partial charge in [-0.15, -0.1) is 9.24 Å². The zero-order chi connectivity index (χ0) is 22.8. The summed E-state index contributed by atoms with van der Waals surface area (Å²) < 4.78 is 10.7. The van der Waals surface area contributed by atoms with Gasteiger partial charge in [0.25, 0.3) is 5.91 Å². The molecule has 0 aliphatic carbocycles. The molecule has 3 aromatic rings. The number of hydrogen-bond donors (Lipinski definition) is 1. The molecule has 2 N–H and O–H groups in total. The fourth-order valence-electron chi connectivity index (χ4n) is 3.05. The second-order valence-electron chi connectivity index (χ2n) is 6.69. The molecule has 8 nitrogen and oxygen atoms in total. The predicted molar refractivity (Wildman–Crippen MR) is 135 cm³/mol. The highest BCUT2D eigenvalue weighted by Gasteiger charge is 2.20. The molecule has 0 radical (unpaired) electrons. The van der Waals surface area contributed by atoms with Crippen LogP contribution in [0.4, 0.5) is 5.82 Å². The number of amides is 1. The molecule has 1 unspecified atom stereocenters. The van der Waals surface area contributed by atoms with Crippen LogP contribution in [0.1, 0.15) is 34.9 Å². The van der Waals surface area contributed by atoms with E-state index in [0.717, 1.165) is 18.9 Å². The van der Waals surface area contributed by atoms with Gasteiger partial charge in [0, 0.05) is 32.4 Å². The maximum Gasteiger partial charge on any atom is 0.284 e.